The molecule has 2 amide bonds. The van der Waals surface area contributed by atoms with E-state index in [9.17, 15) is 9.59 Å². The zero-order chi connectivity index (χ0) is 17.8. The molecule has 2 unspecified atom stereocenters. The van der Waals surface area contributed by atoms with E-state index in [4.69, 9.17) is 5.73 Å². The van der Waals surface area contributed by atoms with Gasteiger partial charge in [0.25, 0.3) is 5.91 Å². The fourth-order valence-corrected chi connectivity index (χ4v) is 3.80. The van der Waals surface area contributed by atoms with E-state index in [1.165, 1.54) is 0 Å². The lowest BCUT2D eigenvalue weighted by Crippen LogP contribution is -2.37. The van der Waals surface area contributed by atoms with E-state index in [0.29, 0.717) is 11.5 Å². The van der Waals surface area contributed by atoms with Gasteiger partial charge in [-0.15, -0.1) is 0 Å². The van der Waals surface area contributed by atoms with E-state index < -0.39 is 0 Å². The number of carbonyl (C=O) groups excluding carboxylic acids is 2. The molecule has 1 heterocycles. The van der Waals surface area contributed by atoms with Crippen molar-refractivity contribution in [3.05, 3.63) is 29.8 Å². The summed E-state index contributed by atoms with van der Waals surface area (Å²) in [7, 11) is 0. The molecule has 1 saturated carbocycles. The third-order valence-corrected chi connectivity index (χ3v) is 5.56. The Morgan fingerprint density at radius 1 is 1.08 bits per heavy atom. The van der Waals surface area contributed by atoms with Crippen LogP contribution in [-0.4, -0.2) is 35.8 Å². The lowest BCUT2D eigenvalue weighted by atomic mass is 9.85. The summed E-state index contributed by atoms with van der Waals surface area (Å²) in [6, 6.07) is 7.39. The van der Waals surface area contributed by atoms with Crippen molar-refractivity contribution < 1.29 is 9.59 Å². The summed E-state index contributed by atoms with van der Waals surface area (Å²) in [5, 5.41) is 2.96. The van der Waals surface area contributed by atoms with Crippen LogP contribution in [0.5, 0.6) is 0 Å². The number of piperidine rings is 1. The van der Waals surface area contributed by atoms with E-state index in [0.717, 1.165) is 57.3 Å². The van der Waals surface area contributed by atoms with Crippen molar-refractivity contribution in [3.63, 3.8) is 0 Å². The largest absolute Gasteiger partial charge is 0.339 e. The SMILES string of the molecule is CC1CCN(C(=O)c2ccc(NC(=O)C3CCCC(N)C3)cc2)CC1. The molecular formula is C20H29N3O2. The second-order valence-corrected chi connectivity index (χ2v) is 7.66. The van der Waals surface area contributed by atoms with Crippen molar-refractivity contribution in [2.24, 2.45) is 17.6 Å². The van der Waals surface area contributed by atoms with Gasteiger partial charge < -0.3 is 16.0 Å². The number of carbonyl (C=O) groups is 2. The summed E-state index contributed by atoms with van der Waals surface area (Å²) in [6.45, 7) is 3.90. The van der Waals surface area contributed by atoms with Crippen LogP contribution >= 0.6 is 0 Å². The number of nitrogens with zero attached hydrogens (tertiary/aromatic N) is 1. The Balaban J connectivity index is 1.56. The zero-order valence-electron chi connectivity index (χ0n) is 15.0. The van der Waals surface area contributed by atoms with Gasteiger partial charge in [0.15, 0.2) is 0 Å². The number of rotatable bonds is 3. The number of benzene rings is 1. The monoisotopic (exact) mass is 343 g/mol. The lowest BCUT2D eigenvalue weighted by molar-refractivity contribution is -0.120. The molecule has 0 aromatic heterocycles. The molecule has 2 atom stereocenters. The molecule has 5 heteroatoms. The van der Waals surface area contributed by atoms with E-state index in [1.807, 2.05) is 29.2 Å². The van der Waals surface area contributed by atoms with Crippen LogP contribution in [0.25, 0.3) is 0 Å². The fraction of sp³-hybridized carbons (Fsp3) is 0.600. The Kier molecular flexibility index (Phi) is 5.74. The van der Waals surface area contributed by atoms with Crippen LogP contribution < -0.4 is 11.1 Å². The van der Waals surface area contributed by atoms with E-state index >= 15 is 0 Å². The van der Waals surface area contributed by atoms with Crippen molar-refractivity contribution in [2.45, 2.75) is 51.5 Å². The number of hydrogen-bond donors (Lipinski definition) is 2. The van der Waals surface area contributed by atoms with Gasteiger partial charge in [0.05, 0.1) is 0 Å². The molecule has 1 aliphatic carbocycles. The van der Waals surface area contributed by atoms with Crippen LogP contribution in [0.15, 0.2) is 24.3 Å². The highest BCUT2D eigenvalue weighted by Crippen LogP contribution is 2.25. The molecule has 0 bridgehead atoms. The number of nitrogens with one attached hydrogen (secondary N) is 1. The molecule has 0 spiro atoms. The maximum absolute atomic E-state index is 12.5. The molecule has 2 fully saturated rings. The molecule has 5 nitrogen and oxygen atoms in total. The maximum atomic E-state index is 12.5. The van der Waals surface area contributed by atoms with Gasteiger partial charge in [-0.05, 0) is 62.3 Å². The van der Waals surface area contributed by atoms with Crippen LogP contribution in [0.1, 0.15) is 55.8 Å². The minimum Gasteiger partial charge on any atom is -0.339 e. The third-order valence-electron chi connectivity index (χ3n) is 5.56. The third kappa shape index (κ3) is 4.60. The highest BCUT2D eigenvalue weighted by Gasteiger charge is 2.25. The fourth-order valence-electron chi connectivity index (χ4n) is 3.80. The maximum Gasteiger partial charge on any atom is 0.253 e. The first kappa shape index (κ1) is 17.9. The van der Waals surface area contributed by atoms with Gasteiger partial charge in [0, 0.05) is 36.3 Å². The molecule has 25 heavy (non-hydrogen) atoms. The van der Waals surface area contributed by atoms with Crippen LogP contribution in [0, 0.1) is 11.8 Å². The van der Waals surface area contributed by atoms with Gasteiger partial charge in [-0.25, -0.2) is 0 Å². The van der Waals surface area contributed by atoms with E-state index in [1.54, 1.807) is 0 Å². The van der Waals surface area contributed by atoms with E-state index in [2.05, 4.69) is 12.2 Å². The van der Waals surface area contributed by atoms with Crippen LogP contribution in [0.4, 0.5) is 5.69 Å². The zero-order valence-corrected chi connectivity index (χ0v) is 15.0. The molecule has 136 valence electrons. The molecule has 3 rings (SSSR count). The molecule has 3 N–H and O–H groups in total. The second-order valence-electron chi connectivity index (χ2n) is 7.66. The van der Waals surface area contributed by atoms with Gasteiger partial charge in [-0.3, -0.25) is 9.59 Å². The average Bonchev–Trinajstić information content (AvgIpc) is 2.62. The number of amides is 2. The predicted molar refractivity (Wildman–Crippen MR) is 99.3 cm³/mol. The summed E-state index contributed by atoms with van der Waals surface area (Å²) in [6.07, 6.45) is 5.84. The van der Waals surface area contributed by atoms with Gasteiger partial charge in [0.2, 0.25) is 5.91 Å². The molecule has 0 radical (unpaired) electrons. The van der Waals surface area contributed by atoms with Gasteiger partial charge in [-0.2, -0.15) is 0 Å². The van der Waals surface area contributed by atoms with Crippen LogP contribution in [0.3, 0.4) is 0 Å². The Hall–Kier alpha value is -1.88. The van der Waals surface area contributed by atoms with Gasteiger partial charge in [-0.1, -0.05) is 13.3 Å². The van der Waals surface area contributed by atoms with Crippen molar-refractivity contribution in [3.8, 4) is 0 Å². The summed E-state index contributed by atoms with van der Waals surface area (Å²) >= 11 is 0. The smallest absolute Gasteiger partial charge is 0.253 e. The quantitative estimate of drug-likeness (QED) is 0.886. The Bertz CT molecular complexity index is 606. The Morgan fingerprint density at radius 2 is 1.76 bits per heavy atom. The standard InChI is InChI=1S/C20H29N3O2/c1-14-9-11-23(12-10-14)20(25)15-5-7-18(8-6-15)22-19(24)16-3-2-4-17(21)13-16/h5-8,14,16-17H,2-4,9-13,21H2,1H3,(H,22,24). The molecule has 1 aromatic carbocycles. The molecule has 2 aliphatic rings. The molecule has 1 saturated heterocycles. The Labute approximate surface area is 150 Å². The number of hydrogen-bond acceptors (Lipinski definition) is 3. The van der Waals surface area contributed by atoms with Crippen molar-refractivity contribution in [2.75, 3.05) is 18.4 Å². The van der Waals surface area contributed by atoms with E-state index in [-0.39, 0.29) is 23.8 Å². The number of anilines is 1. The lowest BCUT2D eigenvalue weighted by Gasteiger charge is -2.30. The normalized spacial score (nSPS) is 24.8. The van der Waals surface area contributed by atoms with Crippen molar-refractivity contribution in [1.82, 2.24) is 4.90 Å². The summed E-state index contributed by atoms with van der Waals surface area (Å²) in [4.78, 5) is 26.8. The second kappa shape index (κ2) is 8.00. The topological polar surface area (TPSA) is 75.4 Å². The summed E-state index contributed by atoms with van der Waals surface area (Å²) < 4.78 is 0. The molecular weight excluding hydrogens is 314 g/mol. The van der Waals surface area contributed by atoms with Gasteiger partial charge in [0.1, 0.15) is 0 Å². The minimum atomic E-state index is 0.000369. The molecule has 1 aliphatic heterocycles. The predicted octanol–water partition coefficient (Wildman–Crippen LogP) is 3.01. The molecule has 1 aromatic rings. The average molecular weight is 343 g/mol. The number of nitrogens with two attached hydrogens (primary N) is 1. The van der Waals surface area contributed by atoms with Crippen molar-refractivity contribution >= 4 is 17.5 Å². The first-order chi connectivity index (χ1) is 12.0. The summed E-state index contributed by atoms with van der Waals surface area (Å²) in [5.74, 6) is 0.831. The Morgan fingerprint density at radius 3 is 2.40 bits per heavy atom. The van der Waals surface area contributed by atoms with Crippen LogP contribution in [-0.2, 0) is 4.79 Å². The number of likely N-dealkylation sites (tertiary alicyclic amines) is 1. The highest BCUT2D eigenvalue weighted by atomic mass is 16.2. The van der Waals surface area contributed by atoms with Crippen molar-refractivity contribution in [1.29, 1.82) is 0 Å². The minimum absolute atomic E-state index is 0.000369. The van der Waals surface area contributed by atoms with Crippen LogP contribution in [0.2, 0.25) is 0 Å². The highest BCUT2D eigenvalue weighted by molar-refractivity contribution is 5.96. The first-order valence-electron chi connectivity index (χ1n) is 9.48. The first-order valence-corrected chi connectivity index (χ1v) is 9.48. The summed E-state index contributed by atoms with van der Waals surface area (Å²) in [5.41, 5.74) is 7.40. The van der Waals surface area contributed by atoms with Gasteiger partial charge >= 0.3 is 0 Å².